The van der Waals surface area contributed by atoms with Crippen LogP contribution in [-0.4, -0.2) is 67.3 Å². The highest BCUT2D eigenvalue weighted by Gasteiger charge is 2.24. The lowest BCUT2D eigenvalue weighted by atomic mass is 9.95. The van der Waals surface area contributed by atoms with Crippen LogP contribution in [0.3, 0.4) is 0 Å². The zero-order chi connectivity index (χ0) is 17.4. The van der Waals surface area contributed by atoms with E-state index in [-0.39, 0.29) is 54.3 Å². The molecule has 2 amide bonds. The zero-order valence-corrected chi connectivity index (χ0v) is 17.6. The lowest BCUT2D eigenvalue weighted by Crippen LogP contribution is -2.49. The summed E-state index contributed by atoms with van der Waals surface area (Å²) >= 11 is 0. The third-order valence-electron chi connectivity index (χ3n) is 4.16. The maximum absolute atomic E-state index is 11.8. The number of aliphatic imine (C=N–C) groups is 1. The molecule has 3 N–H and O–H groups in total. The van der Waals surface area contributed by atoms with E-state index in [9.17, 15) is 9.59 Å². The first-order valence-corrected chi connectivity index (χ1v) is 8.37. The fourth-order valence-corrected chi connectivity index (χ4v) is 2.55. The summed E-state index contributed by atoms with van der Waals surface area (Å²) in [5.41, 5.74) is 5.33. The van der Waals surface area contributed by atoms with Crippen molar-refractivity contribution in [3.05, 3.63) is 0 Å². The van der Waals surface area contributed by atoms with Gasteiger partial charge in [0.2, 0.25) is 11.8 Å². The topological polar surface area (TPSA) is 91.0 Å². The minimum Gasteiger partial charge on any atom is -0.370 e. The summed E-state index contributed by atoms with van der Waals surface area (Å²) in [7, 11) is 3.45. The average Bonchev–Trinajstić information content (AvgIpc) is 2.50. The zero-order valence-electron chi connectivity index (χ0n) is 15.2. The molecule has 1 fully saturated rings. The lowest BCUT2D eigenvalue weighted by Gasteiger charge is -2.35. The number of hydrogen-bond acceptors (Lipinski definition) is 3. The number of nitrogens with two attached hydrogens (primary N) is 1. The molecule has 2 unspecified atom stereocenters. The predicted molar refractivity (Wildman–Crippen MR) is 107 cm³/mol. The normalized spacial score (nSPS) is 19.2. The molecule has 0 aromatic rings. The minimum atomic E-state index is -0.256. The third-order valence-corrected chi connectivity index (χ3v) is 4.16. The molecule has 140 valence electrons. The van der Waals surface area contributed by atoms with E-state index in [1.165, 1.54) is 4.90 Å². The van der Waals surface area contributed by atoms with Crippen molar-refractivity contribution in [2.75, 3.05) is 33.7 Å². The van der Waals surface area contributed by atoms with Crippen molar-refractivity contribution in [2.45, 2.75) is 45.6 Å². The van der Waals surface area contributed by atoms with Crippen molar-refractivity contribution in [1.29, 1.82) is 0 Å². The SMILES string of the molecule is CCC(C)NC(=NCC(=O)N(C)C)N1CCCC(CC(N)=O)C1.I. The Morgan fingerprint density at radius 1 is 1.42 bits per heavy atom. The van der Waals surface area contributed by atoms with Crippen LogP contribution in [-0.2, 0) is 9.59 Å². The molecule has 1 heterocycles. The van der Waals surface area contributed by atoms with Crippen molar-refractivity contribution < 1.29 is 9.59 Å². The van der Waals surface area contributed by atoms with Gasteiger partial charge in [-0.15, -0.1) is 24.0 Å². The Hall–Kier alpha value is -1.06. The van der Waals surface area contributed by atoms with E-state index in [0.717, 1.165) is 38.3 Å². The van der Waals surface area contributed by atoms with Crippen LogP contribution in [0.2, 0.25) is 0 Å². The number of likely N-dealkylation sites (tertiary alicyclic amines) is 1. The van der Waals surface area contributed by atoms with Crippen molar-refractivity contribution in [2.24, 2.45) is 16.6 Å². The first-order chi connectivity index (χ1) is 10.8. The molecular weight excluding hydrogens is 421 g/mol. The van der Waals surface area contributed by atoms with Crippen LogP contribution in [0, 0.1) is 5.92 Å². The molecule has 0 aromatic heterocycles. The molecule has 1 saturated heterocycles. The number of guanidine groups is 1. The summed E-state index contributed by atoms with van der Waals surface area (Å²) in [4.78, 5) is 31.1. The maximum atomic E-state index is 11.8. The number of halogens is 1. The summed E-state index contributed by atoms with van der Waals surface area (Å²) in [6.07, 6.45) is 3.39. The van der Waals surface area contributed by atoms with Crippen LogP contribution in [0.5, 0.6) is 0 Å². The number of carbonyl (C=O) groups excluding carboxylic acids is 2. The quantitative estimate of drug-likeness (QED) is 0.357. The Morgan fingerprint density at radius 3 is 2.62 bits per heavy atom. The van der Waals surface area contributed by atoms with Gasteiger partial charge in [0.1, 0.15) is 6.54 Å². The van der Waals surface area contributed by atoms with Gasteiger partial charge in [-0.05, 0) is 32.1 Å². The number of rotatable bonds is 6. The second-order valence-corrected chi connectivity index (χ2v) is 6.51. The number of nitrogens with zero attached hydrogens (tertiary/aromatic N) is 3. The highest BCUT2D eigenvalue weighted by atomic mass is 127. The van der Waals surface area contributed by atoms with Crippen molar-refractivity contribution in [3.8, 4) is 0 Å². The molecule has 1 aliphatic heterocycles. The van der Waals surface area contributed by atoms with Crippen LogP contribution in [0.25, 0.3) is 0 Å². The lowest BCUT2D eigenvalue weighted by molar-refractivity contribution is -0.127. The van der Waals surface area contributed by atoms with E-state index < -0.39 is 0 Å². The average molecular weight is 453 g/mol. The maximum Gasteiger partial charge on any atom is 0.243 e. The highest BCUT2D eigenvalue weighted by molar-refractivity contribution is 14.0. The minimum absolute atomic E-state index is 0. The number of piperidine rings is 1. The van der Waals surface area contributed by atoms with Gasteiger partial charge in [0.15, 0.2) is 5.96 Å². The van der Waals surface area contributed by atoms with Crippen LogP contribution >= 0.6 is 24.0 Å². The molecular formula is C16H32IN5O2. The molecule has 0 aromatic carbocycles. The standard InChI is InChI=1S/C16H31N5O2.HI/c1-5-12(2)19-16(18-10-15(23)20(3)4)21-8-6-7-13(11-21)9-14(17)22;/h12-13H,5-11H2,1-4H3,(H2,17,22)(H,18,19);1H. The van der Waals surface area contributed by atoms with Crippen molar-refractivity contribution >= 4 is 41.8 Å². The van der Waals surface area contributed by atoms with Crippen LogP contribution in [0.15, 0.2) is 4.99 Å². The smallest absolute Gasteiger partial charge is 0.243 e. The van der Waals surface area contributed by atoms with Crippen LogP contribution in [0.1, 0.15) is 39.5 Å². The number of primary amides is 1. The van der Waals surface area contributed by atoms with E-state index in [1.54, 1.807) is 14.1 Å². The van der Waals surface area contributed by atoms with Crippen LogP contribution in [0.4, 0.5) is 0 Å². The van der Waals surface area contributed by atoms with E-state index in [0.29, 0.717) is 6.42 Å². The van der Waals surface area contributed by atoms with Gasteiger partial charge in [-0.2, -0.15) is 0 Å². The summed E-state index contributed by atoms with van der Waals surface area (Å²) < 4.78 is 0. The Balaban J connectivity index is 0.00000529. The van der Waals surface area contributed by atoms with E-state index in [1.807, 2.05) is 0 Å². The van der Waals surface area contributed by atoms with Gasteiger partial charge in [-0.3, -0.25) is 9.59 Å². The van der Waals surface area contributed by atoms with Gasteiger partial charge in [0, 0.05) is 39.6 Å². The number of amides is 2. The molecule has 7 nitrogen and oxygen atoms in total. The van der Waals surface area contributed by atoms with Crippen molar-refractivity contribution in [1.82, 2.24) is 15.1 Å². The van der Waals surface area contributed by atoms with Gasteiger partial charge in [-0.25, -0.2) is 4.99 Å². The summed E-state index contributed by atoms with van der Waals surface area (Å²) in [6.45, 7) is 5.96. The Bertz CT molecular complexity index is 442. The molecule has 2 atom stereocenters. The molecule has 24 heavy (non-hydrogen) atoms. The molecule has 8 heteroatoms. The number of likely N-dealkylation sites (N-methyl/N-ethyl adjacent to an activating group) is 1. The predicted octanol–water partition coefficient (Wildman–Crippen LogP) is 1.02. The first-order valence-electron chi connectivity index (χ1n) is 8.37. The van der Waals surface area contributed by atoms with Gasteiger partial charge in [0.05, 0.1) is 0 Å². The monoisotopic (exact) mass is 453 g/mol. The van der Waals surface area contributed by atoms with Gasteiger partial charge >= 0.3 is 0 Å². The molecule has 1 rings (SSSR count). The molecule has 1 aliphatic rings. The van der Waals surface area contributed by atoms with E-state index in [4.69, 9.17) is 5.73 Å². The molecule has 0 radical (unpaired) electrons. The summed E-state index contributed by atoms with van der Waals surface area (Å²) in [5, 5.41) is 3.39. The first kappa shape index (κ1) is 22.9. The molecule has 0 spiro atoms. The van der Waals surface area contributed by atoms with E-state index in [2.05, 4.69) is 29.1 Å². The molecule has 0 aliphatic carbocycles. The van der Waals surface area contributed by atoms with Gasteiger partial charge < -0.3 is 20.9 Å². The number of carbonyl (C=O) groups is 2. The third kappa shape index (κ3) is 8.16. The summed E-state index contributed by atoms with van der Waals surface area (Å²) in [5.74, 6) is 0.727. The van der Waals surface area contributed by atoms with Crippen LogP contribution < -0.4 is 11.1 Å². The van der Waals surface area contributed by atoms with Gasteiger partial charge in [-0.1, -0.05) is 6.92 Å². The second-order valence-electron chi connectivity index (χ2n) is 6.51. The largest absolute Gasteiger partial charge is 0.370 e. The summed E-state index contributed by atoms with van der Waals surface area (Å²) in [6, 6.07) is 0.278. The Kier molecular flexibility index (Phi) is 11.0. The second kappa shape index (κ2) is 11.5. The fraction of sp³-hybridized carbons (Fsp3) is 0.812. The Labute approximate surface area is 162 Å². The number of nitrogens with one attached hydrogen (secondary N) is 1. The number of hydrogen-bond donors (Lipinski definition) is 2. The molecule has 0 saturated carbocycles. The molecule has 0 bridgehead atoms. The van der Waals surface area contributed by atoms with Crippen molar-refractivity contribution in [3.63, 3.8) is 0 Å². The Morgan fingerprint density at radius 2 is 2.08 bits per heavy atom. The fourth-order valence-electron chi connectivity index (χ4n) is 2.55. The highest BCUT2D eigenvalue weighted by Crippen LogP contribution is 2.19. The van der Waals surface area contributed by atoms with Gasteiger partial charge in [0.25, 0.3) is 0 Å². The van der Waals surface area contributed by atoms with E-state index >= 15 is 0 Å².